The van der Waals surface area contributed by atoms with Crippen molar-refractivity contribution in [1.82, 2.24) is 4.90 Å². The topological polar surface area (TPSA) is 92.9 Å². The van der Waals surface area contributed by atoms with Gasteiger partial charge in [0.15, 0.2) is 6.10 Å². The molecule has 0 bridgehead atoms. The van der Waals surface area contributed by atoms with E-state index in [9.17, 15) is 9.59 Å². The Bertz CT molecular complexity index is 374. The van der Waals surface area contributed by atoms with Crippen molar-refractivity contribution < 1.29 is 19.4 Å². The van der Waals surface area contributed by atoms with Crippen LogP contribution >= 0.6 is 0 Å². The Hall–Kier alpha value is -1.14. The number of carboxylic acid groups (broad SMARTS) is 1. The maximum atomic E-state index is 12.5. The van der Waals surface area contributed by atoms with Crippen molar-refractivity contribution in [3.05, 3.63) is 0 Å². The third-order valence-corrected chi connectivity index (χ3v) is 4.09. The van der Waals surface area contributed by atoms with Crippen LogP contribution in [0, 0.1) is 5.92 Å². The second-order valence-corrected chi connectivity index (χ2v) is 5.81. The maximum absolute atomic E-state index is 12.5. The van der Waals surface area contributed by atoms with Crippen molar-refractivity contribution in [3.63, 3.8) is 0 Å². The van der Waals surface area contributed by atoms with Gasteiger partial charge < -0.3 is 20.5 Å². The average molecular weight is 270 g/mol. The molecule has 0 radical (unpaired) electrons. The minimum atomic E-state index is -1.03. The highest BCUT2D eigenvalue weighted by Gasteiger charge is 2.42. The average Bonchev–Trinajstić information content (AvgIpc) is 2.37. The van der Waals surface area contributed by atoms with Gasteiger partial charge in [-0.1, -0.05) is 19.8 Å². The van der Waals surface area contributed by atoms with Crippen molar-refractivity contribution in [2.75, 3.05) is 19.7 Å². The van der Waals surface area contributed by atoms with E-state index in [1.54, 1.807) is 4.90 Å². The van der Waals surface area contributed by atoms with Crippen LogP contribution < -0.4 is 5.73 Å². The molecule has 2 rings (SSSR count). The van der Waals surface area contributed by atoms with Gasteiger partial charge in [0, 0.05) is 6.54 Å². The highest BCUT2D eigenvalue weighted by molar-refractivity contribution is 5.87. The zero-order valence-electron chi connectivity index (χ0n) is 11.3. The number of morpholine rings is 1. The molecule has 6 heteroatoms. The molecule has 1 heterocycles. The van der Waals surface area contributed by atoms with Crippen molar-refractivity contribution in [2.24, 2.45) is 11.7 Å². The number of carbonyl (C=O) groups excluding carboxylic acids is 1. The number of aliphatic carboxylic acids is 1. The first-order valence-electron chi connectivity index (χ1n) is 6.85. The Kier molecular flexibility index (Phi) is 4.10. The number of nitrogens with zero attached hydrogens (tertiary/aromatic N) is 1. The lowest BCUT2D eigenvalue weighted by molar-refractivity contribution is -0.161. The van der Waals surface area contributed by atoms with Crippen LogP contribution in [-0.4, -0.2) is 53.2 Å². The highest BCUT2D eigenvalue weighted by Crippen LogP contribution is 2.32. The molecule has 3 atom stereocenters. The molecule has 0 aromatic carbocycles. The summed E-state index contributed by atoms with van der Waals surface area (Å²) in [6, 6.07) is 0. The van der Waals surface area contributed by atoms with E-state index < -0.39 is 17.6 Å². The van der Waals surface area contributed by atoms with E-state index in [0.29, 0.717) is 25.3 Å². The van der Waals surface area contributed by atoms with E-state index in [4.69, 9.17) is 15.6 Å². The van der Waals surface area contributed by atoms with E-state index in [-0.39, 0.29) is 19.1 Å². The summed E-state index contributed by atoms with van der Waals surface area (Å²) in [6.07, 6.45) is 2.50. The number of hydrogen-bond donors (Lipinski definition) is 2. The molecule has 0 spiro atoms. The van der Waals surface area contributed by atoms with Gasteiger partial charge in [0.1, 0.15) is 0 Å². The van der Waals surface area contributed by atoms with E-state index >= 15 is 0 Å². The largest absolute Gasteiger partial charge is 0.479 e. The summed E-state index contributed by atoms with van der Waals surface area (Å²) >= 11 is 0. The van der Waals surface area contributed by atoms with E-state index in [1.807, 2.05) is 0 Å². The summed E-state index contributed by atoms with van der Waals surface area (Å²) in [4.78, 5) is 25.0. The van der Waals surface area contributed by atoms with Crippen LogP contribution in [0.15, 0.2) is 0 Å². The molecule has 1 aliphatic heterocycles. The van der Waals surface area contributed by atoms with Gasteiger partial charge in [-0.25, -0.2) is 4.79 Å². The number of carbonyl (C=O) groups is 2. The number of hydrogen-bond acceptors (Lipinski definition) is 4. The van der Waals surface area contributed by atoms with Gasteiger partial charge in [-0.3, -0.25) is 4.79 Å². The summed E-state index contributed by atoms with van der Waals surface area (Å²) in [5.74, 6) is -0.701. The number of ether oxygens (including phenoxy) is 1. The fourth-order valence-corrected chi connectivity index (χ4v) is 3.08. The Morgan fingerprint density at radius 2 is 2.21 bits per heavy atom. The van der Waals surface area contributed by atoms with Crippen molar-refractivity contribution in [1.29, 1.82) is 0 Å². The molecular weight excluding hydrogens is 248 g/mol. The van der Waals surface area contributed by atoms with Gasteiger partial charge in [0.25, 0.3) is 0 Å². The van der Waals surface area contributed by atoms with Gasteiger partial charge in [0.2, 0.25) is 5.91 Å². The molecule has 0 aromatic heterocycles. The first-order valence-corrected chi connectivity index (χ1v) is 6.85. The van der Waals surface area contributed by atoms with E-state index in [0.717, 1.165) is 12.8 Å². The minimum absolute atomic E-state index is 0.0987. The monoisotopic (exact) mass is 270 g/mol. The van der Waals surface area contributed by atoms with Crippen molar-refractivity contribution >= 4 is 11.9 Å². The van der Waals surface area contributed by atoms with Gasteiger partial charge in [-0.2, -0.15) is 0 Å². The molecule has 0 aromatic rings. The summed E-state index contributed by atoms with van der Waals surface area (Å²) in [5.41, 5.74) is 5.44. The molecule has 19 heavy (non-hydrogen) atoms. The van der Waals surface area contributed by atoms with Gasteiger partial charge in [-0.15, -0.1) is 0 Å². The minimum Gasteiger partial charge on any atom is -0.479 e. The SMILES string of the molecule is CC1CCCC(N)(C(=O)N2CCOC(C(=O)O)C2)C1. The standard InChI is InChI=1S/C13H22N2O4/c1-9-3-2-4-13(14,7-9)12(18)15-5-6-19-10(8-15)11(16)17/h9-10H,2-8,14H2,1H3,(H,16,17). The predicted octanol–water partition coefficient (Wildman–Crippen LogP) is 0.206. The van der Waals surface area contributed by atoms with Crippen molar-refractivity contribution in [2.45, 2.75) is 44.2 Å². The molecule has 1 amide bonds. The lowest BCUT2D eigenvalue weighted by atomic mass is 9.76. The summed E-state index contributed by atoms with van der Waals surface area (Å²) in [6.45, 7) is 2.89. The van der Waals surface area contributed by atoms with Gasteiger partial charge in [-0.05, 0) is 18.8 Å². The lowest BCUT2D eigenvalue weighted by Gasteiger charge is -2.41. The molecule has 1 aliphatic carbocycles. The highest BCUT2D eigenvalue weighted by atomic mass is 16.5. The molecule has 2 fully saturated rings. The van der Waals surface area contributed by atoms with Crippen LogP contribution in [-0.2, 0) is 14.3 Å². The molecule has 1 saturated heterocycles. The van der Waals surface area contributed by atoms with Crippen LogP contribution in [0.5, 0.6) is 0 Å². The van der Waals surface area contributed by atoms with Gasteiger partial charge in [0.05, 0.1) is 18.7 Å². The molecule has 6 nitrogen and oxygen atoms in total. The van der Waals surface area contributed by atoms with Crippen LogP contribution in [0.4, 0.5) is 0 Å². The zero-order valence-corrected chi connectivity index (χ0v) is 11.3. The second-order valence-electron chi connectivity index (χ2n) is 5.81. The Balaban J connectivity index is 2.04. The molecule has 3 unspecified atom stereocenters. The molecule has 108 valence electrons. The number of rotatable bonds is 2. The number of carboxylic acids is 1. The second kappa shape index (κ2) is 5.46. The normalized spacial score (nSPS) is 36.0. The quantitative estimate of drug-likeness (QED) is 0.748. The Labute approximate surface area is 112 Å². The first kappa shape index (κ1) is 14.3. The Morgan fingerprint density at radius 1 is 1.47 bits per heavy atom. The smallest absolute Gasteiger partial charge is 0.334 e. The van der Waals surface area contributed by atoms with Crippen molar-refractivity contribution in [3.8, 4) is 0 Å². The van der Waals surface area contributed by atoms with Crippen LogP contribution in [0.2, 0.25) is 0 Å². The van der Waals surface area contributed by atoms with Crippen LogP contribution in [0.3, 0.4) is 0 Å². The molecular formula is C13H22N2O4. The summed E-state index contributed by atoms with van der Waals surface area (Å²) in [7, 11) is 0. The van der Waals surface area contributed by atoms with Gasteiger partial charge >= 0.3 is 5.97 Å². The van der Waals surface area contributed by atoms with E-state index in [2.05, 4.69) is 6.92 Å². The zero-order chi connectivity index (χ0) is 14.0. The third kappa shape index (κ3) is 3.06. The first-order chi connectivity index (χ1) is 8.92. The summed E-state index contributed by atoms with van der Waals surface area (Å²) in [5, 5.41) is 8.96. The maximum Gasteiger partial charge on any atom is 0.334 e. The number of nitrogens with two attached hydrogens (primary N) is 1. The predicted molar refractivity (Wildman–Crippen MR) is 68.5 cm³/mol. The van der Waals surface area contributed by atoms with E-state index in [1.165, 1.54) is 0 Å². The van der Waals surface area contributed by atoms with Crippen LogP contribution in [0.1, 0.15) is 32.6 Å². The summed E-state index contributed by atoms with van der Waals surface area (Å²) < 4.78 is 5.13. The fourth-order valence-electron chi connectivity index (χ4n) is 3.08. The Morgan fingerprint density at radius 3 is 2.84 bits per heavy atom. The molecule has 1 saturated carbocycles. The molecule has 2 aliphatic rings. The lowest BCUT2D eigenvalue weighted by Crippen LogP contribution is -2.61. The van der Waals surface area contributed by atoms with Crippen LogP contribution in [0.25, 0.3) is 0 Å². The number of amides is 1. The fraction of sp³-hybridized carbons (Fsp3) is 0.846. The third-order valence-electron chi connectivity index (χ3n) is 4.09. The molecule has 3 N–H and O–H groups in total.